The van der Waals surface area contributed by atoms with Gasteiger partial charge in [-0.1, -0.05) is 11.6 Å². The summed E-state index contributed by atoms with van der Waals surface area (Å²) in [7, 11) is 1.44. The van der Waals surface area contributed by atoms with Gasteiger partial charge in [-0.15, -0.1) is 0 Å². The normalized spacial score (nSPS) is 10.8. The fraction of sp³-hybridized carbons (Fsp3) is 0.286. The minimum Gasteiger partial charge on any atom is -0.497 e. The van der Waals surface area contributed by atoms with Crippen molar-refractivity contribution >= 4 is 11.6 Å². The van der Waals surface area contributed by atoms with Crippen LogP contribution in [-0.4, -0.2) is 45.2 Å². The zero-order valence-electron chi connectivity index (χ0n) is 17.0. The largest absolute Gasteiger partial charge is 0.497 e. The lowest BCUT2D eigenvalue weighted by Crippen LogP contribution is -2.26. The van der Waals surface area contributed by atoms with Gasteiger partial charge in [-0.2, -0.15) is 0 Å². The standard InChI is InChI=1S/C21H23FN4O4/c1-13(2)6-8-26-18(15-5-4-14(30-3)10-16(15)22)12-25-11-17(20(28)23-7-9-27)24-19(25)21(26)29/h4-6,10-12,27H,7-9H2,1-3H3,(H,23,28). The van der Waals surface area contributed by atoms with Crippen molar-refractivity contribution < 1.29 is 19.0 Å². The first kappa shape index (κ1) is 21.3. The Labute approximate surface area is 172 Å². The van der Waals surface area contributed by atoms with Crippen LogP contribution in [0, 0.1) is 5.82 Å². The van der Waals surface area contributed by atoms with Crippen LogP contribution in [0.2, 0.25) is 0 Å². The van der Waals surface area contributed by atoms with Crippen molar-refractivity contribution in [2.24, 2.45) is 0 Å². The first-order valence-electron chi connectivity index (χ1n) is 9.34. The lowest BCUT2D eigenvalue weighted by atomic mass is 10.1. The maximum Gasteiger partial charge on any atom is 0.295 e. The highest BCUT2D eigenvalue weighted by Crippen LogP contribution is 2.26. The Morgan fingerprint density at radius 3 is 2.73 bits per heavy atom. The van der Waals surface area contributed by atoms with E-state index in [2.05, 4.69) is 10.3 Å². The van der Waals surface area contributed by atoms with Crippen molar-refractivity contribution in [2.75, 3.05) is 20.3 Å². The van der Waals surface area contributed by atoms with E-state index in [1.165, 1.54) is 28.3 Å². The second-order valence-corrected chi connectivity index (χ2v) is 6.89. The molecule has 3 rings (SSSR count). The van der Waals surface area contributed by atoms with E-state index < -0.39 is 17.3 Å². The van der Waals surface area contributed by atoms with Crippen molar-refractivity contribution in [3.63, 3.8) is 0 Å². The number of nitrogens with zero attached hydrogens (tertiary/aromatic N) is 3. The van der Waals surface area contributed by atoms with E-state index in [0.29, 0.717) is 11.4 Å². The van der Waals surface area contributed by atoms with Gasteiger partial charge in [0.15, 0.2) is 0 Å². The number of carbonyl (C=O) groups excluding carboxylic acids is 1. The highest BCUT2D eigenvalue weighted by atomic mass is 19.1. The molecular formula is C21H23FN4O4. The van der Waals surface area contributed by atoms with Crippen LogP contribution in [0.5, 0.6) is 5.75 Å². The van der Waals surface area contributed by atoms with E-state index in [1.54, 1.807) is 18.3 Å². The number of halogens is 1. The number of carbonyl (C=O) groups is 1. The fourth-order valence-corrected chi connectivity index (χ4v) is 2.95. The maximum atomic E-state index is 14.8. The molecular weight excluding hydrogens is 391 g/mol. The first-order chi connectivity index (χ1) is 14.3. The molecule has 0 saturated heterocycles. The van der Waals surface area contributed by atoms with Crippen LogP contribution in [0.1, 0.15) is 24.3 Å². The molecule has 0 atom stereocenters. The topological polar surface area (TPSA) is 97.9 Å². The lowest BCUT2D eigenvalue weighted by molar-refractivity contribution is 0.0940. The quantitative estimate of drug-likeness (QED) is 0.577. The fourth-order valence-electron chi connectivity index (χ4n) is 2.95. The van der Waals surface area contributed by atoms with E-state index in [-0.39, 0.29) is 36.6 Å². The number of aromatic nitrogens is 3. The number of aliphatic hydroxyl groups excluding tert-OH is 1. The summed E-state index contributed by atoms with van der Waals surface area (Å²) in [6.07, 6.45) is 4.82. The van der Waals surface area contributed by atoms with E-state index in [0.717, 1.165) is 5.57 Å². The summed E-state index contributed by atoms with van der Waals surface area (Å²) < 4.78 is 22.7. The van der Waals surface area contributed by atoms with Crippen LogP contribution in [0.3, 0.4) is 0 Å². The molecule has 0 fully saturated rings. The Morgan fingerprint density at radius 2 is 2.10 bits per heavy atom. The van der Waals surface area contributed by atoms with Crippen molar-refractivity contribution in [3.05, 3.63) is 64.1 Å². The predicted molar refractivity (Wildman–Crippen MR) is 110 cm³/mol. The highest BCUT2D eigenvalue weighted by Gasteiger charge is 2.18. The molecule has 0 saturated carbocycles. The summed E-state index contributed by atoms with van der Waals surface area (Å²) in [6.45, 7) is 3.87. The Kier molecular flexibility index (Phi) is 6.31. The monoisotopic (exact) mass is 414 g/mol. The summed E-state index contributed by atoms with van der Waals surface area (Å²) in [4.78, 5) is 29.5. The maximum absolute atomic E-state index is 14.8. The van der Waals surface area contributed by atoms with Gasteiger partial charge in [0, 0.05) is 37.1 Å². The summed E-state index contributed by atoms with van der Waals surface area (Å²) in [5.41, 5.74) is 1.17. The minimum atomic E-state index is -0.542. The molecule has 2 heterocycles. The van der Waals surface area contributed by atoms with Gasteiger partial charge < -0.3 is 15.2 Å². The highest BCUT2D eigenvalue weighted by molar-refractivity contribution is 5.92. The van der Waals surface area contributed by atoms with Gasteiger partial charge in [0.2, 0.25) is 5.65 Å². The number of fused-ring (bicyclic) bond motifs is 1. The van der Waals surface area contributed by atoms with Gasteiger partial charge in [-0.3, -0.25) is 18.6 Å². The molecule has 3 aromatic rings. The van der Waals surface area contributed by atoms with Crippen LogP contribution in [0.4, 0.5) is 4.39 Å². The van der Waals surface area contributed by atoms with E-state index in [4.69, 9.17) is 9.84 Å². The summed E-state index contributed by atoms with van der Waals surface area (Å²) in [6, 6.07) is 4.40. The molecule has 0 aliphatic heterocycles. The minimum absolute atomic E-state index is 0.0293. The zero-order chi connectivity index (χ0) is 21.8. The number of hydrogen-bond donors (Lipinski definition) is 2. The molecule has 0 aliphatic rings. The number of methoxy groups -OCH3 is 1. The third-order valence-corrected chi connectivity index (χ3v) is 4.49. The average molecular weight is 414 g/mol. The van der Waals surface area contributed by atoms with Crippen LogP contribution < -0.4 is 15.6 Å². The van der Waals surface area contributed by atoms with Gasteiger partial charge in [0.05, 0.1) is 19.4 Å². The van der Waals surface area contributed by atoms with Crippen molar-refractivity contribution in [1.82, 2.24) is 19.3 Å². The molecule has 0 unspecified atom stereocenters. The van der Waals surface area contributed by atoms with E-state index in [1.807, 2.05) is 19.9 Å². The second kappa shape index (κ2) is 8.91. The van der Waals surface area contributed by atoms with Crippen LogP contribution >= 0.6 is 0 Å². The Bertz CT molecular complexity index is 1180. The number of allylic oxidation sites excluding steroid dienone is 2. The Morgan fingerprint density at radius 1 is 1.33 bits per heavy atom. The number of imidazole rings is 1. The number of ether oxygens (including phenoxy) is 1. The zero-order valence-corrected chi connectivity index (χ0v) is 17.0. The molecule has 0 bridgehead atoms. The molecule has 8 nitrogen and oxygen atoms in total. The molecule has 0 spiro atoms. The van der Waals surface area contributed by atoms with Crippen LogP contribution in [0.15, 0.2) is 47.0 Å². The van der Waals surface area contributed by atoms with Gasteiger partial charge >= 0.3 is 0 Å². The number of aliphatic hydroxyl groups is 1. The smallest absolute Gasteiger partial charge is 0.295 e. The molecule has 158 valence electrons. The molecule has 0 radical (unpaired) electrons. The molecule has 2 aromatic heterocycles. The molecule has 1 aromatic carbocycles. The van der Waals surface area contributed by atoms with E-state index >= 15 is 0 Å². The molecule has 0 aliphatic carbocycles. The average Bonchev–Trinajstić information content (AvgIpc) is 3.15. The van der Waals surface area contributed by atoms with Crippen LogP contribution in [-0.2, 0) is 6.54 Å². The number of amides is 1. The SMILES string of the molecule is COc1ccc(-c2cn3cc(C(=O)NCCO)nc3c(=O)n2CC=C(C)C)c(F)c1. The third-order valence-electron chi connectivity index (χ3n) is 4.49. The van der Waals surface area contributed by atoms with Crippen molar-refractivity contribution in [3.8, 4) is 17.0 Å². The molecule has 30 heavy (non-hydrogen) atoms. The molecule has 9 heteroatoms. The van der Waals surface area contributed by atoms with Crippen LogP contribution in [0.25, 0.3) is 16.9 Å². The molecule has 2 N–H and O–H groups in total. The Balaban J connectivity index is 2.21. The number of hydrogen-bond acceptors (Lipinski definition) is 5. The van der Waals surface area contributed by atoms with Crippen molar-refractivity contribution in [2.45, 2.75) is 20.4 Å². The van der Waals surface area contributed by atoms with Gasteiger partial charge in [0.1, 0.15) is 17.3 Å². The summed E-state index contributed by atoms with van der Waals surface area (Å²) in [5, 5.41) is 11.4. The van der Waals surface area contributed by atoms with Gasteiger partial charge in [0.25, 0.3) is 11.5 Å². The summed E-state index contributed by atoms with van der Waals surface area (Å²) >= 11 is 0. The number of rotatable bonds is 7. The third kappa shape index (κ3) is 4.25. The first-order valence-corrected chi connectivity index (χ1v) is 9.34. The number of benzene rings is 1. The Hall–Kier alpha value is -3.46. The summed E-state index contributed by atoms with van der Waals surface area (Å²) in [5.74, 6) is -0.693. The molecule has 1 amide bonds. The van der Waals surface area contributed by atoms with Gasteiger partial charge in [-0.05, 0) is 26.0 Å². The van der Waals surface area contributed by atoms with Gasteiger partial charge in [-0.25, -0.2) is 9.37 Å². The van der Waals surface area contributed by atoms with Crippen molar-refractivity contribution in [1.29, 1.82) is 0 Å². The number of nitrogens with one attached hydrogen (secondary N) is 1. The lowest BCUT2D eigenvalue weighted by Gasteiger charge is -2.14. The predicted octanol–water partition coefficient (Wildman–Crippen LogP) is 2.00. The van der Waals surface area contributed by atoms with E-state index in [9.17, 15) is 14.0 Å². The second-order valence-electron chi connectivity index (χ2n) is 6.89.